The van der Waals surface area contributed by atoms with Crippen LogP contribution in [0, 0.1) is 0 Å². The molecule has 1 fully saturated rings. The molecule has 1 aromatic heterocycles. The number of aliphatic carboxylic acids is 1. The first-order valence-electron chi connectivity index (χ1n) is 6.96. The Kier molecular flexibility index (Phi) is 4.33. The molecule has 5 nitrogen and oxygen atoms in total. The number of amides is 1. The van der Waals surface area contributed by atoms with Crippen LogP contribution in [-0.2, 0) is 4.79 Å². The van der Waals surface area contributed by atoms with Crippen LogP contribution >= 0.6 is 22.9 Å². The number of carbonyl (C=O) groups excluding carboxylic acids is 1. The van der Waals surface area contributed by atoms with E-state index in [-0.39, 0.29) is 12.5 Å². The summed E-state index contributed by atoms with van der Waals surface area (Å²) in [6.45, 7) is 2.30. The number of nitrogens with zero attached hydrogens (tertiary/aromatic N) is 2. The largest absolute Gasteiger partial charge is 0.480 e. The number of carboxylic acids is 1. The number of benzene rings is 1. The predicted molar refractivity (Wildman–Crippen MR) is 86.8 cm³/mol. The highest BCUT2D eigenvalue weighted by Gasteiger charge is 2.24. The standard InChI is InChI=1S/C15H15ClN2O3S/c16-11-2-1-3-12-10(11)8-13(22-12)15(21)18-6-4-17(5-7-18)9-14(19)20/h1-3,8H,4-7,9H2,(H,19,20). The van der Waals surface area contributed by atoms with E-state index < -0.39 is 5.97 Å². The Bertz CT molecular complexity index is 723. The maximum absolute atomic E-state index is 12.6. The minimum atomic E-state index is -0.834. The summed E-state index contributed by atoms with van der Waals surface area (Å²) in [6, 6.07) is 7.48. The summed E-state index contributed by atoms with van der Waals surface area (Å²) in [5, 5.41) is 10.3. The molecule has 3 rings (SSSR count). The Hall–Kier alpha value is -1.63. The summed E-state index contributed by atoms with van der Waals surface area (Å²) in [6.07, 6.45) is 0. The molecule has 0 aliphatic carbocycles. The van der Waals surface area contributed by atoms with E-state index in [1.165, 1.54) is 11.3 Å². The van der Waals surface area contributed by atoms with Crippen LogP contribution in [0.4, 0.5) is 0 Å². The first-order valence-corrected chi connectivity index (χ1v) is 8.15. The van der Waals surface area contributed by atoms with Crippen molar-refractivity contribution < 1.29 is 14.7 Å². The predicted octanol–water partition coefficient (Wildman–Crippen LogP) is 2.40. The van der Waals surface area contributed by atoms with E-state index in [0.717, 1.165) is 10.1 Å². The summed E-state index contributed by atoms with van der Waals surface area (Å²) in [4.78, 5) is 27.6. The molecular weight excluding hydrogens is 324 g/mol. The minimum absolute atomic E-state index is 0.00718. The number of piperazine rings is 1. The lowest BCUT2D eigenvalue weighted by Crippen LogP contribution is -2.49. The van der Waals surface area contributed by atoms with E-state index in [0.29, 0.717) is 36.1 Å². The second kappa shape index (κ2) is 6.24. The first kappa shape index (κ1) is 15.3. The third-order valence-corrected chi connectivity index (χ3v) is 5.16. The van der Waals surface area contributed by atoms with Gasteiger partial charge in [0.15, 0.2) is 0 Å². The highest BCUT2D eigenvalue weighted by molar-refractivity contribution is 7.20. The molecule has 0 saturated carbocycles. The van der Waals surface area contributed by atoms with Crippen LogP contribution in [0.3, 0.4) is 0 Å². The van der Waals surface area contributed by atoms with Gasteiger partial charge in [-0.3, -0.25) is 14.5 Å². The van der Waals surface area contributed by atoms with Crippen molar-refractivity contribution >= 4 is 44.9 Å². The summed E-state index contributed by atoms with van der Waals surface area (Å²) in [7, 11) is 0. The number of carboxylic acid groups (broad SMARTS) is 1. The SMILES string of the molecule is O=C(O)CN1CCN(C(=O)c2cc3c(Cl)cccc3s2)CC1. The smallest absolute Gasteiger partial charge is 0.317 e. The van der Waals surface area contributed by atoms with Gasteiger partial charge in [0.1, 0.15) is 0 Å². The molecule has 0 bridgehead atoms. The van der Waals surface area contributed by atoms with Crippen molar-refractivity contribution in [2.45, 2.75) is 0 Å². The van der Waals surface area contributed by atoms with Gasteiger partial charge in [0.25, 0.3) is 5.91 Å². The van der Waals surface area contributed by atoms with E-state index in [1.807, 2.05) is 29.2 Å². The van der Waals surface area contributed by atoms with E-state index in [4.69, 9.17) is 16.7 Å². The molecule has 1 N–H and O–H groups in total. The van der Waals surface area contributed by atoms with E-state index in [2.05, 4.69) is 0 Å². The second-order valence-corrected chi connectivity index (χ2v) is 6.72. The molecular formula is C15H15ClN2O3S. The Morgan fingerprint density at radius 3 is 2.59 bits per heavy atom. The van der Waals surface area contributed by atoms with E-state index in [9.17, 15) is 9.59 Å². The molecule has 1 aliphatic heterocycles. The fourth-order valence-corrected chi connectivity index (χ4v) is 3.93. The first-order chi connectivity index (χ1) is 10.5. The lowest BCUT2D eigenvalue weighted by atomic mass is 10.2. The van der Waals surface area contributed by atoms with Gasteiger partial charge in [-0.2, -0.15) is 0 Å². The van der Waals surface area contributed by atoms with Crippen LogP contribution in [0.15, 0.2) is 24.3 Å². The number of thiophene rings is 1. The van der Waals surface area contributed by atoms with Gasteiger partial charge in [0.2, 0.25) is 0 Å². The van der Waals surface area contributed by atoms with Crippen molar-refractivity contribution in [1.29, 1.82) is 0 Å². The van der Waals surface area contributed by atoms with Crippen LogP contribution in [0.2, 0.25) is 5.02 Å². The molecule has 0 spiro atoms. The number of halogens is 1. The summed E-state index contributed by atoms with van der Waals surface area (Å²) in [5.41, 5.74) is 0. The fourth-order valence-electron chi connectivity index (χ4n) is 2.59. The van der Waals surface area contributed by atoms with Crippen molar-refractivity contribution in [2.24, 2.45) is 0 Å². The maximum Gasteiger partial charge on any atom is 0.317 e. The molecule has 7 heteroatoms. The normalized spacial score (nSPS) is 16.1. The number of fused-ring (bicyclic) bond motifs is 1. The van der Waals surface area contributed by atoms with Crippen molar-refractivity contribution in [3.8, 4) is 0 Å². The van der Waals surface area contributed by atoms with E-state index >= 15 is 0 Å². The Balaban J connectivity index is 1.71. The quantitative estimate of drug-likeness (QED) is 0.933. The third-order valence-electron chi connectivity index (χ3n) is 3.74. The fraction of sp³-hybridized carbons (Fsp3) is 0.333. The van der Waals surface area contributed by atoms with Crippen molar-refractivity contribution in [1.82, 2.24) is 9.80 Å². The average molecular weight is 339 g/mol. The average Bonchev–Trinajstić information content (AvgIpc) is 2.92. The topological polar surface area (TPSA) is 60.9 Å². The maximum atomic E-state index is 12.6. The Morgan fingerprint density at radius 1 is 1.23 bits per heavy atom. The summed E-state index contributed by atoms with van der Waals surface area (Å²) in [5.74, 6) is -0.842. The molecule has 0 unspecified atom stereocenters. The minimum Gasteiger partial charge on any atom is -0.480 e. The van der Waals surface area contributed by atoms with Crippen molar-refractivity contribution in [2.75, 3.05) is 32.7 Å². The number of hydrogen-bond donors (Lipinski definition) is 1. The van der Waals surface area contributed by atoms with Gasteiger partial charge < -0.3 is 10.0 Å². The van der Waals surface area contributed by atoms with Gasteiger partial charge in [0.05, 0.1) is 11.4 Å². The zero-order valence-electron chi connectivity index (χ0n) is 11.8. The molecule has 0 radical (unpaired) electrons. The zero-order valence-corrected chi connectivity index (χ0v) is 13.4. The molecule has 1 amide bonds. The van der Waals surface area contributed by atoms with Gasteiger partial charge >= 0.3 is 5.97 Å². The van der Waals surface area contributed by atoms with Crippen molar-refractivity contribution in [3.63, 3.8) is 0 Å². The van der Waals surface area contributed by atoms with Crippen LogP contribution in [-0.4, -0.2) is 59.5 Å². The van der Waals surface area contributed by atoms with Gasteiger partial charge in [-0.25, -0.2) is 0 Å². The highest BCUT2D eigenvalue weighted by Crippen LogP contribution is 2.31. The lowest BCUT2D eigenvalue weighted by molar-refractivity contribution is -0.138. The third kappa shape index (κ3) is 3.09. The van der Waals surface area contributed by atoms with Gasteiger partial charge in [-0.15, -0.1) is 11.3 Å². The molecule has 1 saturated heterocycles. The Labute approximate surface area is 136 Å². The van der Waals surface area contributed by atoms with Crippen LogP contribution in [0.25, 0.3) is 10.1 Å². The molecule has 0 atom stereocenters. The second-order valence-electron chi connectivity index (χ2n) is 5.22. The van der Waals surface area contributed by atoms with Crippen LogP contribution < -0.4 is 0 Å². The van der Waals surface area contributed by atoms with Crippen LogP contribution in [0.1, 0.15) is 9.67 Å². The molecule has 1 aromatic carbocycles. The van der Waals surface area contributed by atoms with E-state index in [1.54, 1.807) is 4.90 Å². The van der Waals surface area contributed by atoms with Gasteiger partial charge in [-0.05, 0) is 18.2 Å². The lowest BCUT2D eigenvalue weighted by Gasteiger charge is -2.33. The molecule has 1 aliphatic rings. The monoisotopic (exact) mass is 338 g/mol. The number of carbonyl (C=O) groups is 2. The number of rotatable bonds is 3. The zero-order chi connectivity index (χ0) is 15.7. The molecule has 22 heavy (non-hydrogen) atoms. The molecule has 116 valence electrons. The summed E-state index contributed by atoms with van der Waals surface area (Å²) >= 11 is 7.59. The Morgan fingerprint density at radius 2 is 1.95 bits per heavy atom. The molecule has 2 aromatic rings. The van der Waals surface area contributed by atoms with Gasteiger partial charge in [0, 0.05) is 41.3 Å². The highest BCUT2D eigenvalue weighted by atomic mass is 35.5. The van der Waals surface area contributed by atoms with Gasteiger partial charge in [-0.1, -0.05) is 17.7 Å². The molecule has 2 heterocycles. The van der Waals surface area contributed by atoms with Crippen LogP contribution in [0.5, 0.6) is 0 Å². The summed E-state index contributed by atoms with van der Waals surface area (Å²) < 4.78 is 1.00. The number of hydrogen-bond acceptors (Lipinski definition) is 4. The van der Waals surface area contributed by atoms with Crippen molar-refractivity contribution in [3.05, 3.63) is 34.2 Å².